The second-order valence-electron chi connectivity index (χ2n) is 6.45. The van der Waals surface area contributed by atoms with Crippen LogP contribution < -0.4 is 5.73 Å². The Morgan fingerprint density at radius 2 is 2.27 bits per heavy atom. The van der Waals surface area contributed by atoms with Crippen molar-refractivity contribution in [3.05, 3.63) is 23.3 Å². The van der Waals surface area contributed by atoms with Crippen LogP contribution in [0.25, 0.3) is 10.2 Å². The van der Waals surface area contributed by atoms with Gasteiger partial charge in [-0.25, -0.2) is 4.98 Å². The number of nitrogens with two attached hydrogens (primary N) is 1. The van der Waals surface area contributed by atoms with Crippen LogP contribution in [0.1, 0.15) is 41.6 Å². The summed E-state index contributed by atoms with van der Waals surface area (Å²) >= 11 is 1.41. The summed E-state index contributed by atoms with van der Waals surface area (Å²) in [5.41, 5.74) is 7.65. The van der Waals surface area contributed by atoms with Crippen LogP contribution in [0.4, 0.5) is 5.13 Å². The first-order valence-electron chi connectivity index (χ1n) is 7.68. The number of rotatable bonds is 2. The van der Waals surface area contributed by atoms with Gasteiger partial charge in [0.2, 0.25) is 0 Å². The number of carbonyl (C=O) groups excluding carboxylic acids is 1. The van der Waals surface area contributed by atoms with Crippen LogP contribution in [-0.4, -0.2) is 39.1 Å². The summed E-state index contributed by atoms with van der Waals surface area (Å²) < 4.78 is 0.946. The van der Waals surface area contributed by atoms with Gasteiger partial charge in [0.15, 0.2) is 5.13 Å². The summed E-state index contributed by atoms with van der Waals surface area (Å²) in [6, 6.07) is 3.74. The topological polar surface area (TPSA) is 79.5 Å². The number of nitrogen functional groups attached to an aromatic ring is 1. The van der Waals surface area contributed by atoms with Crippen LogP contribution in [0.3, 0.4) is 0 Å². The number of carbonyl (C=O) groups is 1. The molecule has 2 fully saturated rings. The normalized spacial score (nSPS) is 23.2. The highest BCUT2D eigenvalue weighted by Gasteiger charge is 2.52. The van der Waals surface area contributed by atoms with Gasteiger partial charge in [0.1, 0.15) is 0 Å². The molecular weight excluding hydrogens is 298 g/mol. The molecule has 0 bridgehead atoms. The highest BCUT2D eigenvalue weighted by molar-refractivity contribution is 7.22. The Balaban J connectivity index is 1.70. The monoisotopic (exact) mass is 317 g/mol. The summed E-state index contributed by atoms with van der Waals surface area (Å²) in [5, 5.41) is 10.9. The number of amides is 1. The number of nitrogens with zero attached hydrogens (tertiary/aromatic N) is 2. The van der Waals surface area contributed by atoms with Gasteiger partial charge < -0.3 is 15.7 Å². The quantitative estimate of drug-likeness (QED) is 0.891. The van der Waals surface area contributed by atoms with Gasteiger partial charge in [0, 0.05) is 12.1 Å². The maximum Gasteiger partial charge on any atom is 0.254 e. The number of fused-ring (bicyclic) bond motifs is 1. The Morgan fingerprint density at radius 3 is 3.00 bits per heavy atom. The van der Waals surface area contributed by atoms with E-state index in [4.69, 9.17) is 5.73 Å². The third-order valence-corrected chi connectivity index (χ3v) is 5.68. The average molecular weight is 317 g/mol. The van der Waals surface area contributed by atoms with E-state index in [0.717, 1.165) is 48.0 Å². The predicted molar refractivity (Wildman–Crippen MR) is 87.0 cm³/mol. The molecule has 2 aliphatic rings. The standard InChI is InChI=1S/C16H19N3O2S/c1-9-7-10(8-11-13(9)18-15(17)22-11)14(20)19-6-2-3-12(19)16(21)4-5-16/h7-8,12,21H,2-6H2,1H3,(H2,17,18). The molecule has 1 amide bonds. The Kier molecular flexibility index (Phi) is 2.96. The maximum absolute atomic E-state index is 12.9. The van der Waals surface area contributed by atoms with E-state index in [1.807, 2.05) is 24.0 Å². The molecule has 0 spiro atoms. The molecule has 5 nitrogen and oxygen atoms in total. The van der Waals surface area contributed by atoms with E-state index in [0.29, 0.717) is 10.7 Å². The summed E-state index contributed by atoms with van der Waals surface area (Å²) in [7, 11) is 0. The van der Waals surface area contributed by atoms with Gasteiger partial charge in [-0.15, -0.1) is 0 Å². The number of aromatic nitrogens is 1. The first kappa shape index (κ1) is 14.0. The van der Waals surface area contributed by atoms with Gasteiger partial charge in [-0.3, -0.25) is 4.79 Å². The van der Waals surface area contributed by atoms with Crippen LogP contribution in [0.2, 0.25) is 0 Å². The van der Waals surface area contributed by atoms with E-state index in [1.165, 1.54) is 11.3 Å². The lowest BCUT2D eigenvalue weighted by Crippen LogP contribution is -2.44. The third-order valence-electron chi connectivity index (χ3n) is 4.85. The van der Waals surface area contributed by atoms with Crippen LogP contribution in [0.5, 0.6) is 0 Å². The Labute approximate surface area is 132 Å². The minimum Gasteiger partial charge on any atom is -0.388 e. The van der Waals surface area contributed by atoms with Crippen LogP contribution in [0.15, 0.2) is 12.1 Å². The maximum atomic E-state index is 12.9. The van der Waals surface area contributed by atoms with Crippen molar-refractivity contribution in [2.24, 2.45) is 0 Å². The zero-order valence-electron chi connectivity index (χ0n) is 12.5. The summed E-state index contributed by atoms with van der Waals surface area (Å²) in [4.78, 5) is 19.1. The Morgan fingerprint density at radius 1 is 1.50 bits per heavy atom. The van der Waals surface area contributed by atoms with Crippen LogP contribution >= 0.6 is 11.3 Å². The lowest BCUT2D eigenvalue weighted by atomic mass is 10.0. The van der Waals surface area contributed by atoms with Crippen molar-refractivity contribution in [2.75, 3.05) is 12.3 Å². The zero-order chi connectivity index (χ0) is 15.5. The molecule has 4 rings (SSSR count). The molecule has 1 aliphatic heterocycles. The molecule has 1 atom stereocenters. The van der Waals surface area contributed by atoms with Crippen LogP contribution in [0, 0.1) is 6.92 Å². The van der Waals surface area contributed by atoms with Gasteiger partial charge in [-0.05, 0) is 50.3 Å². The number of thiazole rings is 1. The number of hydrogen-bond donors (Lipinski definition) is 2. The highest BCUT2D eigenvalue weighted by Crippen LogP contribution is 2.45. The van der Waals surface area contributed by atoms with Gasteiger partial charge >= 0.3 is 0 Å². The molecule has 2 aromatic rings. The summed E-state index contributed by atoms with van der Waals surface area (Å²) in [6.45, 7) is 2.68. The van der Waals surface area contributed by atoms with Gasteiger partial charge in [-0.1, -0.05) is 11.3 Å². The molecule has 1 saturated carbocycles. The molecular formula is C16H19N3O2S. The lowest BCUT2D eigenvalue weighted by Gasteiger charge is -2.29. The van der Waals surface area contributed by atoms with E-state index < -0.39 is 5.60 Å². The Bertz CT molecular complexity index is 766. The molecule has 1 aromatic carbocycles. The fourth-order valence-corrected chi connectivity index (χ4v) is 4.38. The minimum atomic E-state index is -0.639. The molecule has 3 N–H and O–H groups in total. The molecule has 1 unspecified atom stereocenters. The fraction of sp³-hybridized carbons (Fsp3) is 0.500. The number of likely N-dealkylation sites (tertiary alicyclic amines) is 1. The van der Waals surface area contributed by atoms with Crippen LogP contribution in [-0.2, 0) is 0 Å². The fourth-order valence-electron chi connectivity index (χ4n) is 3.53. The van der Waals surface area contributed by atoms with Gasteiger partial charge in [-0.2, -0.15) is 0 Å². The van der Waals surface area contributed by atoms with Crippen molar-refractivity contribution >= 4 is 32.6 Å². The van der Waals surface area contributed by atoms with Crippen molar-refractivity contribution in [3.63, 3.8) is 0 Å². The third kappa shape index (κ3) is 2.09. The summed E-state index contributed by atoms with van der Waals surface area (Å²) in [6.07, 6.45) is 3.49. The molecule has 1 saturated heterocycles. The lowest BCUT2D eigenvalue weighted by molar-refractivity contribution is 0.0386. The van der Waals surface area contributed by atoms with E-state index in [2.05, 4.69) is 4.98 Å². The van der Waals surface area contributed by atoms with E-state index in [-0.39, 0.29) is 11.9 Å². The largest absolute Gasteiger partial charge is 0.388 e. The van der Waals surface area contributed by atoms with E-state index in [9.17, 15) is 9.90 Å². The molecule has 0 radical (unpaired) electrons. The first-order valence-corrected chi connectivity index (χ1v) is 8.50. The van der Waals surface area contributed by atoms with Crippen molar-refractivity contribution in [3.8, 4) is 0 Å². The number of benzene rings is 1. The second kappa shape index (κ2) is 4.67. The molecule has 1 aliphatic carbocycles. The van der Waals surface area contributed by atoms with Crippen molar-refractivity contribution < 1.29 is 9.90 Å². The predicted octanol–water partition coefficient (Wildman–Crippen LogP) is 2.32. The number of hydrogen-bond acceptors (Lipinski definition) is 5. The smallest absolute Gasteiger partial charge is 0.254 e. The minimum absolute atomic E-state index is 0.0137. The molecule has 6 heteroatoms. The molecule has 22 heavy (non-hydrogen) atoms. The SMILES string of the molecule is Cc1cc(C(=O)N2CCCC2C2(O)CC2)cc2sc(N)nc12. The van der Waals surface area contributed by atoms with E-state index in [1.54, 1.807) is 0 Å². The van der Waals surface area contributed by atoms with Gasteiger partial charge in [0.05, 0.1) is 21.9 Å². The van der Waals surface area contributed by atoms with Crippen molar-refractivity contribution in [1.29, 1.82) is 0 Å². The Hall–Kier alpha value is -1.66. The molecule has 2 heterocycles. The van der Waals surface area contributed by atoms with Gasteiger partial charge in [0.25, 0.3) is 5.91 Å². The highest BCUT2D eigenvalue weighted by atomic mass is 32.1. The zero-order valence-corrected chi connectivity index (χ0v) is 13.3. The summed E-state index contributed by atoms with van der Waals surface area (Å²) in [5.74, 6) is 0.0137. The number of aliphatic hydroxyl groups is 1. The van der Waals surface area contributed by atoms with Crippen molar-refractivity contribution in [1.82, 2.24) is 9.88 Å². The number of anilines is 1. The number of aryl methyl sites for hydroxylation is 1. The van der Waals surface area contributed by atoms with Crippen molar-refractivity contribution in [2.45, 2.75) is 44.2 Å². The second-order valence-corrected chi connectivity index (χ2v) is 7.51. The van der Waals surface area contributed by atoms with E-state index >= 15 is 0 Å². The average Bonchev–Trinajstić information content (AvgIpc) is 2.92. The molecule has 116 valence electrons. The molecule has 1 aromatic heterocycles. The first-order chi connectivity index (χ1) is 10.5.